The van der Waals surface area contributed by atoms with Crippen LogP contribution in [-0.2, 0) is 27.1 Å². The van der Waals surface area contributed by atoms with Crippen molar-refractivity contribution >= 4 is 11.9 Å². The van der Waals surface area contributed by atoms with Crippen LogP contribution in [0.3, 0.4) is 0 Å². The molecule has 0 unspecified atom stereocenters. The molecule has 0 heterocycles. The lowest BCUT2D eigenvalue weighted by molar-refractivity contribution is -0.327. The van der Waals surface area contributed by atoms with E-state index < -0.39 is 42.4 Å². The maximum atomic E-state index is 12.5. The van der Waals surface area contributed by atoms with Gasteiger partial charge in [-0.05, 0) is 17.7 Å². The molecule has 1 rings (SSSR count). The molecular weight excluding hydrogens is 295 g/mol. The maximum absolute atomic E-state index is 12.5. The van der Waals surface area contributed by atoms with Crippen molar-refractivity contribution in [1.29, 1.82) is 0 Å². The Morgan fingerprint density at radius 3 is 2.33 bits per heavy atom. The number of nitrogens with two attached hydrogens (primary N) is 1. The largest absolute Gasteiger partial charge is 0.548 e. The van der Waals surface area contributed by atoms with Crippen LogP contribution in [0.2, 0.25) is 0 Å². The Bertz CT molecular complexity index is 532. The minimum atomic E-state index is -4.56. The first-order valence-electron chi connectivity index (χ1n) is 5.58. The molecule has 0 aliphatic rings. The molecule has 0 saturated carbocycles. The molecule has 0 amide bonds. The Morgan fingerprint density at radius 2 is 1.86 bits per heavy atom. The van der Waals surface area contributed by atoms with Crippen molar-refractivity contribution in [3.63, 3.8) is 0 Å². The fourth-order valence-electron chi connectivity index (χ4n) is 1.47. The molecule has 0 aliphatic heterocycles. The van der Waals surface area contributed by atoms with E-state index in [4.69, 9.17) is 10.5 Å². The summed E-state index contributed by atoms with van der Waals surface area (Å²) in [6.07, 6.45) is -6.60. The summed E-state index contributed by atoms with van der Waals surface area (Å²) in [4.78, 5) is 21.2. The van der Waals surface area contributed by atoms with Gasteiger partial charge in [-0.25, -0.2) is 0 Å². The number of alkyl halides is 3. The van der Waals surface area contributed by atoms with Crippen LogP contribution in [0.4, 0.5) is 13.2 Å². The van der Waals surface area contributed by atoms with Crippen LogP contribution in [0, 0.1) is 0 Å². The van der Waals surface area contributed by atoms with E-state index in [0.29, 0.717) is 0 Å². The van der Waals surface area contributed by atoms with Crippen molar-refractivity contribution in [3.8, 4) is 0 Å². The number of carbonyl (C=O) groups excluding carboxylic acids is 2. The predicted molar refractivity (Wildman–Crippen MR) is 58.0 cm³/mol. The van der Waals surface area contributed by atoms with Crippen LogP contribution < -0.4 is 15.9 Å². The van der Waals surface area contributed by atoms with Gasteiger partial charge in [0, 0.05) is 0 Å². The van der Waals surface area contributed by atoms with Crippen LogP contribution in [0.1, 0.15) is 11.1 Å². The Morgan fingerprint density at radius 1 is 1.24 bits per heavy atom. The van der Waals surface area contributed by atoms with Crippen LogP contribution in [-0.4, -0.2) is 24.1 Å². The van der Waals surface area contributed by atoms with E-state index in [1.54, 1.807) is 0 Å². The standard InChI is InChI=1S/C12H12F3NO5/c13-12(14,15)7-3-1-2-6(4-7)5-21-9(11(19)20)8(16)10(17)18/h1-4,8-9H,5,16H2,(H,17,18)(H,19,20)/p-2/t8-,9-/m0/s1. The molecule has 0 bridgehead atoms. The molecule has 1 aromatic rings. The molecule has 6 nitrogen and oxygen atoms in total. The number of benzene rings is 1. The van der Waals surface area contributed by atoms with E-state index in [1.807, 2.05) is 0 Å². The quantitative estimate of drug-likeness (QED) is 0.678. The van der Waals surface area contributed by atoms with Gasteiger partial charge in [0.1, 0.15) is 6.10 Å². The highest BCUT2D eigenvalue weighted by Crippen LogP contribution is 2.29. The van der Waals surface area contributed by atoms with E-state index in [1.165, 1.54) is 6.07 Å². The molecule has 1 aromatic carbocycles. The topological polar surface area (TPSA) is 116 Å². The number of hydrogen-bond donors (Lipinski definition) is 1. The van der Waals surface area contributed by atoms with E-state index in [9.17, 15) is 33.0 Å². The summed E-state index contributed by atoms with van der Waals surface area (Å²) in [5.41, 5.74) is 4.09. The number of halogens is 3. The first kappa shape index (κ1) is 16.9. The predicted octanol–water partition coefficient (Wildman–Crippen LogP) is -1.58. The molecule has 2 atom stereocenters. The lowest BCUT2D eigenvalue weighted by atomic mass is 10.1. The van der Waals surface area contributed by atoms with Gasteiger partial charge < -0.3 is 30.3 Å². The second-order valence-electron chi connectivity index (χ2n) is 4.09. The number of hydrogen-bond acceptors (Lipinski definition) is 6. The lowest BCUT2D eigenvalue weighted by Crippen LogP contribution is -2.56. The Kier molecular flexibility index (Phi) is 5.28. The molecule has 116 valence electrons. The number of carboxylic acid groups (broad SMARTS) is 2. The molecule has 21 heavy (non-hydrogen) atoms. The van der Waals surface area contributed by atoms with E-state index in [-0.39, 0.29) is 5.56 Å². The average molecular weight is 305 g/mol. The van der Waals surface area contributed by atoms with Crippen molar-refractivity contribution in [2.24, 2.45) is 5.73 Å². The molecule has 0 fully saturated rings. The zero-order valence-corrected chi connectivity index (χ0v) is 10.4. The summed E-state index contributed by atoms with van der Waals surface area (Å²) in [5, 5.41) is 21.2. The molecule has 9 heteroatoms. The third-order valence-electron chi connectivity index (χ3n) is 2.51. The van der Waals surface area contributed by atoms with Gasteiger partial charge in [0.15, 0.2) is 0 Å². The highest BCUT2D eigenvalue weighted by Gasteiger charge is 2.30. The fraction of sp³-hybridized carbons (Fsp3) is 0.333. The normalized spacial score (nSPS) is 14.5. The first-order chi connectivity index (χ1) is 9.62. The molecule has 0 spiro atoms. The lowest BCUT2D eigenvalue weighted by Gasteiger charge is -2.25. The van der Waals surface area contributed by atoms with E-state index in [0.717, 1.165) is 18.2 Å². The van der Waals surface area contributed by atoms with Gasteiger partial charge in [-0.3, -0.25) is 0 Å². The zero-order valence-electron chi connectivity index (χ0n) is 10.4. The summed E-state index contributed by atoms with van der Waals surface area (Å²) in [6, 6.07) is 1.94. The van der Waals surface area contributed by atoms with Crippen molar-refractivity contribution < 1.29 is 37.7 Å². The van der Waals surface area contributed by atoms with Gasteiger partial charge in [-0.1, -0.05) is 12.1 Å². The van der Waals surface area contributed by atoms with Crippen LogP contribution in [0.15, 0.2) is 24.3 Å². The molecule has 0 saturated heterocycles. The van der Waals surface area contributed by atoms with Crippen molar-refractivity contribution in [1.82, 2.24) is 0 Å². The highest BCUT2D eigenvalue weighted by molar-refractivity contribution is 5.82. The molecule has 2 N–H and O–H groups in total. The summed E-state index contributed by atoms with van der Waals surface area (Å²) in [6.45, 7) is -0.580. The number of rotatable bonds is 6. The minimum Gasteiger partial charge on any atom is -0.548 e. The van der Waals surface area contributed by atoms with E-state index >= 15 is 0 Å². The minimum absolute atomic E-state index is 0.00150. The monoisotopic (exact) mass is 305 g/mol. The average Bonchev–Trinajstić information content (AvgIpc) is 2.37. The summed E-state index contributed by atoms with van der Waals surface area (Å²) in [5.74, 6) is -3.79. The number of aliphatic carboxylic acids is 2. The number of carboxylic acids is 2. The molecule has 0 aromatic heterocycles. The van der Waals surface area contributed by atoms with Gasteiger partial charge in [-0.15, -0.1) is 0 Å². The number of ether oxygens (including phenoxy) is 1. The molecule has 0 aliphatic carbocycles. The smallest absolute Gasteiger partial charge is 0.416 e. The Hall–Kier alpha value is -2.13. The zero-order chi connectivity index (χ0) is 16.2. The summed E-state index contributed by atoms with van der Waals surface area (Å²) < 4.78 is 42.1. The van der Waals surface area contributed by atoms with Gasteiger partial charge >= 0.3 is 6.18 Å². The third kappa shape index (κ3) is 4.72. The van der Waals surface area contributed by atoms with Gasteiger partial charge in [0.2, 0.25) is 0 Å². The van der Waals surface area contributed by atoms with E-state index in [2.05, 4.69) is 0 Å². The SMILES string of the molecule is N[C@H](C(=O)[O-])[C@H](OCc1cccc(C(F)(F)F)c1)C(=O)[O-]. The number of carbonyl (C=O) groups is 2. The van der Waals surface area contributed by atoms with Crippen LogP contribution in [0.5, 0.6) is 0 Å². The molecular formula is C12H10F3NO5-2. The van der Waals surface area contributed by atoms with Crippen molar-refractivity contribution in [2.75, 3.05) is 0 Å². The van der Waals surface area contributed by atoms with Crippen molar-refractivity contribution in [2.45, 2.75) is 24.9 Å². The summed E-state index contributed by atoms with van der Waals surface area (Å²) in [7, 11) is 0. The second-order valence-corrected chi connectivity index (χ2v) is 4.09. The Labute approximate surface area is 116 Å². The third-order valence-corrected chi connectivity index (χ3v) is 2.51. The van der Waals surface area contributed by atoms with Gasteiger partial charge in [-0.2, -0.15) is 13.2 Å². The molecule has 0 radical (unpaired) electrons. The maximum Gasteiger partial charge on any atom is 0.416 e. The Balaban J connectivity index is 2.82. The summed E-state index contributed by atoms with van der Waals surface area (Å²) >= 11 is 0. The van der Waals surface area contributed by atoms with Crippen molar-refractivity contribution in [3.05, 3.63) is 35.4 Å². The van der Waals surface area contributed by atoms with Crippen LogP contribution in [0.25, 0.3) is 0 Å². The highest BCUT2D eigenvalue weighted by atomic mass is 19.4. The van der Waals surface area contributed by atoms with Gasteiger partial charge in [0.05, 0.1) is 30.2 Å². The second kappa shape index (κ2) is 6.55. The first-order valence-corrected chi connectivity index (χ1v) is 5.58. The van der Waals surface area contributed by atoms with Gasteiger partial charge in [0.25, 0.3) is 0 Å². The van der Waals surface area contributed by atoms with Crippen LogP contribution >= 0.6 is 0 Å². The fourth-order valence-corrected chi connectivity index (χ4v) is 1.47.